The molecular weight excluding hydrogens is 150 g/mol. The topological polar surface area (TPSA) is 64.1 Å². The summed E-state index contributed by atoms with van der Waals surface area (Å²) in [6, 6.07) is 0. The van der Waals surface area contributed by atoms with Gasteiger partial charge in [-0.1, -0.05) is 13.5 Å². The van der Waals surface area contributed by atoms with Crippen LogP contribution in [0, 0.1) is 5.92 Å². The van der Waals surface area contributed by atoms with Crippen LogP contribution in [0.15, 0.2) is 24.2 Å². The molecule has 0 saturated heterocycles. The molecule has 0 aliphatic carbocycles. The summed E-state index contributed by atoms with van der Waals surface area (Å²) < 4.78 is 0. The molecule has 0 radical (unpaired) electrons. The molecule has 0 aromatic heterocycles. The van der Waals surface area contributed by atoms with Gasteiger partial charge in [0.1, 0.15) is 0 Å². The van der Waals surface area contributed by atoms with Gasteiger partial charge in [-0.2, -0.15) is 0 Å². The van der Waals surface area contributed by atoms with Gasteiger partial charge in [0.25, 0.3) is 0 Å². The van der Waals surface area contributed by atoms with Crippen LogP contribution in [0.4, 0.5) is 0 Å². The van der Waals surface area contributed by atoms with Crippen LogP contribution in [0.5, 0.6) is 0 Å². The van der Waals surface area contributed by atoms with Crippen LogP contribution >= 0.6 is 0 Å². The molecule has 0 aromatic rings. The summed E-state index contributed by atoms with van der Waals surface area (Å²) in [7, 11) is 0. The highest BCUT2D eigenvalue weighted by Gasteiger charge is 2.03. The van der Waals surface area contributed by atoms with Crippen molar-refractivity contribution >= 4 is 0 Å². The van der Waals surface area contributed by atoms with E-state index in [2.05, 4.69) is 11.9 Å². The summed E-state index contributed by atoms with van der Waals surface area (Å²) >= 11 is 0. The lowest BCUT2D eigenvalue weighted by molar-refractivity contribution is 0.657. The highest BCUT2D eigenvalue weighted by molar-refractivity contribution is 5.03. The standard InChI is InChI=1S/C9H19N3/c1-4-12-6-9(11)5-7(2)8(3)10/h6-7,12H,3-5,10-11H2,1-2H3/b9-6-/t7-/m0/s1. The fourth-order valence-electron chi connectivity index (χ4n) is 0.777. The fraction of sp³-hybridized carbons (Fsp3) is 0.556. The average Bonchev–Trinajstić information content (AvgIpc) is 2.00. The Morgan fingerprint density at radius 1 is 1.58 bits per heavy atom. The number of rotatable bonds is 5. The molecule has 0 aliphatic rings. The molecule has 3 nitrogen and oxygen atoms in total. The third-order valence-corrected chi connectivity index (χ3v) is 1.67. The first-order valence-electron chi connectivity index (χ1n) is 4.20. The Hall–Kier alpha value is -1.12. The van der Waals surface area contributed by atoms with E-state index in [1.165, 1.54) is 0 Å². The smallest absolute Gasteiger partial charge is 0.0246 e. The maximum Gasteiger partial charge on any atom is 0.0246 e. The van der Waals surface area contributed by atoms with E-state index in [9.17, 15) is 0 Å². The van der Waals surface area contributed by atoms with Crippen LogP contribution in [0.3, 0.4) is 0 Å². The van der Waals surface area contributed by atoms with E-state index in [1.54, 1.807) is 0 Å². The maximum absolute atomic E-state index is 5.70. The summed E-state index contributed by atoms with van der Waals surface area (Å²) in [5.41, 5.74) is 12.7. The van der Waals surface area contributed by atoms with E-state index in [0.717, 1.165) is 18.7 Å². The molecule has 0 spiro atoms. The van der Waals surface area contributed by atoms with Gasteiger partial charge in [-0.15, -0.1) is 0 Å². The number of hydrogen-bond donors (Lipinski definition) is 3. The number of hydrogen-bond acceptors (Lipinski definition) is 3. The van der Waals surface area contributed by atoms with Gasteiger partial charge in [-0.05, 0) is 13.3 Å². The van der Waals surface area contributed by atoms with Crippen molar-refractivity contribution < 1.29 is 0 Å². The first-order chi connectivity index (χ1) is 5.57. The average molecular weight is 169 g/mol. The first kappa shape index (κ1) is 10.9. The van der Waals surface area contributed by atoms with Gasteiger partial charge in [0.05, 0.1) is 0 Å². The minimum atomic E-state index is 0.250. The quantitative estimate of drug-likeness (QED) is 0.573. The zero-order valence-electron chi connectivity index (χ0n) is 7.93. The molecule has 0 amide bonds. The molecule has 0 bridgehead atoms. The maximum atomic E-state index is 5.70. The summed E-state index contributed by atoms with van der Waals surface area (Å²) in [6.45, 7) is 8.58. The van der Waals surface area contributed by atoms with E-state index in [0.29, 0.717) is 5.70 Å². The van der Waals surface area contributed by atoms with Crippen molar-refractivity contribution in [2.45, 2.75) is 20.3 Å². The van der Waals surface area contributed by atoms with Crippen LogP contribution in [-0.2, 0) is 0 Å². The van der Waals surface area contributed by atoms with Crippen molar-refractivity contribution in [2.24, 2.45) is 17.4 Å². The second-order valence-electron chi connectivity index (χ2n) is 2.96. The highest BCUT2D eigenvalue weighted by Crippen LogP contribution is 2.10. The van der Waals surface area contributed by atoms with Gasteiger partial charge in [0, 0.05) is 30.1 Å². The van der Waals surface area contributed by atoms with Crippen LogP contribution in [0.2, 0.25) is 0 Å². The van der Waals surface area contributed by atoms with Gasteiger partial charge in [-0.3, -0.25) is 0 Å². The molecule has 12 heavy (non-hydrogen) atoms. The second-order valence-corrected chi connectivity index (χ2v) is 2.96. The van der Waals surface area contributed by atoms with Crippen LogP contribution < -0.4 is 16.8 Å². The van der Waals surface area contributed by atoms with E-state index in [4.69, 9.17) is 11.5 Å². The summed E-state index contributed by atoms with van der Waals surface area (Å²) in [4.78, 5) is 0. The van der Waals surface area contributed by atoms with Gasteiger partial charge >= 0.3 is 0 Å². The minimum Gasteiger partial charge on any atom is -0.402 e. The largest absolute Gasteiger partial charge is 0.402 e. The van der Waals surface area contributed by atoms with Crippen molar-refractivity contribution in [3.8, 4) is 0 Å². The van der Waals surface area contributed by atoms with Crippen molar-refractivity contribution in [1.82, 2.24) is 5.32 Å². The third-order valence-electron chi connectivity index (χ3n) is 1.67. The number of allylic oxidation sites excluding steroid dienone is 2. The minimum absolute atomic E-state index is 0.250. The monoisotopic (exact) mass is 169 g/mol. The van der Waals surface area contributed by atoms with Crippen LogP contribution in [0.25, 0.3) is 0 Å². The van der Waals surface area contributed by atoms with E-state index in [-0.39, 0.29) is 5.92 Å². The third kappa shape index (κ3) is 4.66. The predicted octanol–water partition coefficient (Wildman–Crippen LogP) is 0.895. The Morgan fingerprint density at radius 3 is 2.58 bits per heavy atom. The molecular formula is C9H19N3. The zero-order chi connectivity index (χ0) is 9.56. The molecule has 0 aliphatic heterocycles. The Balaban J connectivity index is 3.82. The number of nitrogens with two attached hydrogens (primary N) is 2. The fourth-order valence-corrected chi connectivity index (χ4v) is 0.777. The molecule has 1 atom stereocenters. The van der Waals surface area contributed by atoms with Crippen LogP contribution in [-0.4, -0.2) is 6.54 Å². The Morgan fingerprint density at radius 2 is 2.17 bits per heavy atom. The van der Waals surface area contributed by atoms with E-state index < -0.39 is 0 Å². The Kier molecular flexibility index (Phi) is 5.00. The predicted molar refractivity (Wildman–Crippen MR) is 53.1 cm³/mol. The molecule has 70 valence electrons. The SMILES string of the molecule is C=C(N)[C@@H](C)C/C(N)=C/NCC. The zero-order valence-corrected chi connectivity index (χ0v) is 7.93. The van der Waals surface area contributed by atoms with Gasteiger partial charge < -0.3 is 16.8 Å². The Labute approximate surface area is 74.5 Å². The van der Waals surface area contributed by atoms with E-state index >= 15 is 0 Å². The highest BCUT2D eigenvalue weighted by atomic mass is 14.8. The molecule has 0 fully saturated rings. The van der Waals surface area contributed by atoms with Crippen molar-refractivity contribution in [3.05, 3.63) is 24.2 Å². The second kappa shape index (κ2) is 5.52. The van der Waals surface area contributed by atoms with Crippen LogP contribution in [0.1, 0.15) is 20.3 Å². The molecule has 0 saturated carbocycles. The lowest BCUT2D eigenvalue weighted by Gasteiger charge is -2.10. The summed E-state index contributed by atoms with van der Waals surface area (Å²) in [5, 5.41) is 3.03. The van der Waals surface area contributed by atoms with Gasteiger partial charge in [0.2, 0.25) is 0 Å². The number of nitrogens with one attached hydrogen (secondary N) is 1. The molecule has 0 heterocycles. The molecule has 3 heteroatoms. The lowest BCUT2D eigenvalue weighted by atomic mass is 10.0. The van der Waals surface area contributed by atoms with E-state index in [1.807, 2.05) is 20.0 Å². The van der Waals surface area contributed by atoms with Gasteiger partial charge in [-0.25, -0.2) is 0 Å². The normalized spacial score (nSPS) is 14.0. The first-order valence-corrected chi connectivity index (χ1v) is 4.20. The molecule has 0 rings (SSSR count). The van der Waals surface area contributed by atoms with Crippen molar-refractivity contribution in [1.29, 1.82) is 0 Å². The van der Waals surface area contributed by atoms with Gasteiger partial charge in [0.15, 0.2) is 0 Å². The summed E-state index contributed by atoms with van der Waals surface area (Å²) in [6.07, 6.45) is 2.59. The summed E-state index contributed by atoms with van der Waals surface area (Å²) in [5.74, 6) is 0.250. The van der Waals surface area contributed by atoms with Crippen molar-refractivity contribution in [3.63, 3.8) is 0 Å². The Bertz CT molecular complexity index is 173. The molecule has 0 unspecified atom stereocenters. The van der Waals surface area contributed by atoms with Crippen molar-refractivity contribution in [2.75, 3.05) is 6.54 Å². The molecule has 5 N–H and O–H groups in total. The lowest BCUT2D eigenvalue weighted by Crippen LogP contribution is -2.14. The molecule has 0 aromatic carbocycles.